The maximum absolute atomic E-state index is 12.8. The van der Waals surface area contributed by atoms with Gasteiger partial charge in [0.25, 0.3) is 4.87 Å². The summed E-state index contributed by atoms with van der Waals surface area (Å²) >= 11 is 0. The van der Waals surface area contributed by atoms with E-state index in [9.17, 15) is 9.00 Å². The molecule has 0 bridgehead atoms. The Balaban J connectivity index is 2.03. The molecule has 0 saturated carbocycles. The van der Waals surface area contributed by atoms with Gasteiger partial charge in [-0.15, -0.1) is 0 Å². The van der Waals surface area contributed by atoms with Crippen molar-refractivity contribution in [2.75, 3.05) is 13.2 Å². The van der Waals surface area contributed by atoms with Crippen molar-refractivity contribution in [2.45, 2.75) is 23.1 Å². The van der Waals surface area contributed by atoms with Crippen LogP contribution in [-0.2, 0) is 20.3 Å². The van der Waals surface area contributed by atoms with Crippen LogP contribution in [0.2, 0.25) is 0 Å². The summed E-state index contributed by atoms with van der Waals surface area (Å²) in [5, 5.41) is 7.96. The van der Waals surface area contributed by atoms with Gasteiger partial charge in [-0.25, -0.2) is 4.79 Å². The van der Waals surface area contributed by atoms with E-state index in [-0.39, 0.29) is 5.92 Å². The van der Waals surface area contributed by atoms with Crippen LogP contribution in [0.1, 0.15) is 12.0 Å². The van der Waals surface area contributed by atoms with E-state index in [2.05, 4.69) is 10.2 Å². The number of nitrogens with zero attached hydrogens (tertiary/aromatic N) is 2. The van der Waals surface area contributed by atoms with Crippen molar-refractivity contribution in [1.29, 1.82) is 0 Å². The molecule has 3 rings (SSSR count). The first-order valence-electron chi connectivity index (χ1n) is 6.19. The van der Waals surface area contributed by atoms with Gasteiger partial charge in [-0.3, -0.25) is 4.21 Å². The van der Waals surface area contributed by atoms with Gasteiger partial charge >= 0.3 is 5.97 Å². The van der Waals surface area contributed by atoms with Gasteiger partial charge in [0.2, 0.25) is 0 Å². The van der Waals surface area contributed by atoms with Crippen LogP contribution in [-0.4, -0.2) is 28.2 Å². The Morgan fingerprint density at radius 2 is 2.11 bits per heavy atom. The van der Waals surface area contributed by atoms with Crippen LogP contribution in [0.5, 0.6) is 0 Å². The number of rotatable bonds is 2. The standard InChI is InChI=1S/C13H14N2O3S/c1-9-2-4-11(5-3-9)19(17)13-10(8-14-15-13)6-7-18-12(13)16/h2-5,10H,6-8H2,1H3/t10-,13-,19-/m0/s1. The summed E-state index contributed by atoms with van der Waals surface area (Å²) in [6.45, 7) is 2.77. The van der Waals surface area contributed by atoms with E-state index < -0.39 is 21.6 Å². The van der Waals surface area contributed by atoms with Crippen LogP contribution in [0.15, 0.2) is 39.4 Å². The van der Waals surface area contributed by atoms with Crippen LogP contribution >= 0.6 is 0 Å². The highest BCUT2D eigenvalue weighted by Gasteiger charge is 2.58. The van der Waals surface area contributed by atoms with Crippen LogP contribution < -0.4 is 0 Å². The molecule has 1 saturated heterocycles. The molecule has 100 valence electrons. The van der Waals surface area contributed by atoms with Crippen LogP contribution in [0.25, 0.3) is 0 Å². The molecule has 2 aliphatic heterocycles. The van der Waals surface area contributed by atoms with E-state index in [1.165, 1.54) is 0 Å². The SMILES string of the molecule is Cc1ccc([S@](=O)[C@@]23N=NC[C@@H]2CCOC3=O)cc1. The number of hydrogen-bond donors (Lipinski definition) is 0. The predicted molar refractivity (Wildman–Crippen MR) is 69.1 cm³/mol. The molecule has 1 aromatic carbocycles. The van der Waals surface area contributed by atoms with Gasteiger partial charge in [0.1, 0.15) is 0 Å². The molecule has 0 aliphatic carbocycles. The number of cyclic esters (lactones) is 1. The third-order valence-electron chi connectivity index (χ3n) is 3.58. The van der Waals surface area contributed by atoms with E-state index in [1.807, 2.05) is 19.1 Å². The van der Waals surface area contributed by atoms with Crippen molar-refractivity contribution in [1.82, 2.24) is 0 Å². The predicted octanol–water partition coefficient (Wildman–Crippen LogP) is 1.83. The Bertz CT molecular complexity index is 570. The summed E-state index contributed by atoms with van der Waals surface area (Å²) in [6, 6.07) is 7.29. The Kier molecular flexibility index (Phi) is 2.97. The molecule has 2 aliphatic rings. The average molecular weight is 278 g/mol. The summed E-state index contributed by atoms with van der Waals surface area (Å²) in [4.78, 5) is 11.4. The van der Waals surface area contributed by atoms with Crippen molar-refractivity contribution in [3.63, 3.8) is 0 Å². The summed E-state index contributed by atoms with van der Waals surface area (Å²) in [5.74, 6) is -0.625. The molecule has 5 nitrogen and oxygen atoms in total. The van der Waals surface area contributed by atoms with E-state index in [1.54, 1.807) is 12.1 Å². The topological polar surface area (TPSA) is 68.1 Å². The minimum atomic E-state index is -1.57. The molecule has 0 aromatic heterocycles. The lowest BCUT2D eigenvalue weighted by atomic mass is 9.95. The van der Waals surface area contributed by atoms with Crippen molar-refractivity contribution in [3.8, 4) is 0 Å². The summed E-state index contributed by atoms with van der Waals surface area (Å²) in [5.41, 5.74) is 1.08. The number of aryl methyl sites for hydroxylation is 1. The second-order valence-corrected chi connectivity index (χ2v) is 6.45. The third kappa shape index (κ3) is 1.82. The number of azo groups is 1. The second kappa shape index (κ2) is 4.52. The Labute approximate surface area is 113 Å². The molecule has 19 heavy (non-hydrogen) atoms. The normalized spacial score (nSPS) is 30.8. The Morgan fingerprint density at radius 3 is 2.84 bits per heavy atom. The number of benzene rings is 1. The van der Waals surface area contributed by atoms with Crippen molar-refractivity contribution in [3.05, 3.63) is 29.8 Å². The number of ether oxygens (including phenoxy) is 1. The van der Waals surface area contributed by atoms with Crippen molar-refractivity contribution < 1.29 is 13.7 Å². The summed E-state index contributed by atoms with van der Waals surface area (Å²) in [6.07, 6.45) is 0.663. The van der Waals surface area contributed by atoms with Gasteiger partial charge < -0.3 is 4.74 Å². The minimum absolute atomic E-state index is 0.115. The van der Waals surface area contributed by atoms with Gasteiger partial charge in [-0.05, 0) is 25.5 Å². The number of fused-ring (bicyclic) bond motifs is 1. The fourth-order valence-corrected chi connectivity index (χ4v) is 4.03. The lowest BCUT2D eigenvalue weighted by Gasteiger charge is -2.32. The highest BCUT2D eigenvalue weighted by Crippen LogP contribution is 2.41. The number of carbonyl (C=O) groups is 1. The summed E-state index contributed by atoms with van der Waals surface area (Å²) < 4.78 is 17.9. The van der Waals surface area contributed by atoms with E-state index in [0.717, 1.165) is 5.56 Å². The first-order chi connectivity index (χ1) is 9.14. The molecule has 6 heteroatoms. The molecule has 0 N–H and O–H groups in total. The van der Waals surface area contributed by atoms with Crippen LogP contribution in [0.4, 0.5) is 0 Å². The van der Waals surface area contributed by atoms with Gasteiger partial charge in [-0.1, -0.05) is 17.7 Å². The smallest absolute Gasteiger partial charge is 0.349 e. The highest BCUT2D eigenvalue weighted by molar-refractivity contribution is 7.87. The zero-order chi connectivity index (χ0) is 13.5. The zero-order valence-electron chi connectivity index (χ0n) is 10.5. The maximum atomic E-state index is 12.8. The monoisotopic (exact) mass is 278 g/mol. The molecule has 0 spiro atoms. The molecule has 1 fully saturated rings. The molecule has 0 amide bonds. The lowest BCUT2D eigenvalue weighted by Crippen LogP contribution is -2.51. The molecule has 1 aromatic rings. The van der Waals surface area contributed by atoms with Crippen molar-refractivity contribution in [2.24, 2.45) is 16.1 Å². The molecular weight excluding hydrogens is 264 g/mol. The van der Waals surface area contributed by atoms with E-state index >= 15 is 0 Å². The highest BCUT2D eigenvalue weighted by atomic mass is 32.2. The second-order valence-electron chi connectivity index (χ2n) is 4.82. The minimum Gasteiger partial charge on any atom is -0.463 e. The third-order valence-corrected chi connectivity index (χ3v) is 5.43. The molecular formula is C13H14N2O3S. The first-order valence-corrected chi connectivity index (χ1v) is 7.34. The molecule has 0 radical (unpaired) electrons. The number of esters is 1. The molecule has 2 heterocycles. The molecule has 3 atom stereocenters. The van der Waals surface area contributed by atoms with Crippen molar-refractivity contribution >= 4 is 16.8 Å². The quantitative estimate of drug-likeness (QED) is 0.775. The van der Waals surface area contributed by atoms with E-state index in [0.29, 0.717) is 24.5 Å². The zero-order valence-corrected chi connectivity index (χ0v) is 11.4. The maximum Gasteiger partial charge on any atom is 0.349 e. The van der Waals surface area contributed by atoms with Crippen LogP contribution in [0, 0.1) is 12.8 Å². The Hall–Kier alpha value is -1.56. The fraction of sp³-hybridized carbons (Fsp3) is 0.462. The van der Waals surface area contributed by atoms with E-state index in [4.69, 9.17) is 4.74 Å². The van der Waals surface area contributed by atoms with Gasteiger partial charge in [0, 0.05) is 10.8 Å². The van der Waals surface area contributed by atoms with Gasteiger partial charge in [0.05, 0.1) is 24.0 Å². The van der Waals surface area contributed by atoms with Gasteiger partial charge in [-0.2, -0.15) is 10.2 Å². The number of hydrogen-bond acceptors (Lipinski definition) is 5. The fourth-order valence-electron chi connectivity index (χ4n) is 2.45. The lowest BCUT2D eigenvalue weighted by molar-refractivity contribution is -0.152. The summed E-state index contributed by atoms with van der Waals surface area (Å²) in [7, 11) is -1.57. The Morgan fingerprint density at radius 1 is 1.37 bits per heavy atom. The molecule has 0 unspecified atom stereocenters. The first kappa shape index (κ1) is 12.5. The number of carbonyl (C=O) groups excluding carboxylic acids is 1. The van der Waals surface area contributed by atoms with Gasteiger partial charge in [0.15, 0.2) is 0 Å². The largest absolute Gasteiger partial charge is 0.463 e. The average Bonchev–Trinajstić information content (AvgIpc) is 2.85. The van der Waals surface area contributed by atoms with Crippen LogP contribution in [0.3, 0.4) is 0 Å².